The molecule has 2 aliphatic rings. The van der Waals surface area contributed by atoms with Crippen molar-refractivity contribution in [2.45, 2.75) is 70.9 Å². The van der Waals surface area contributed by atoms with Gasteiger partial charge in [0, 0.05) is 47.9 Å². The van der Waals surface area contributed by atoms with Crippen molar-refractivity contribution in [3.05, 3.63) is 50.7 Å². The summed E-state index contributed by atoms with van der Waals surface area (Å²) in [6.45, 7) is 8.17. The van der Waals surface area contributed by atoms with E-state index in [0.717, 1.165) is 25.1 Å². The van der Waals surface area contributed by atoms with Crippen molar-refractivity contribution in [2.24, 2.45) is 0 Å². The van der Waals surface area contributed by atoms with E-state index in [2.05, 4.69) is 20.2 Å². The van der Waals surface area contributed by atoms with E-state index in [9.17, 15) is 15.0 Å². The Bertz CT molecular complexity index is 1430. The van der Waals surface area contributed by atoms with Gasteiger partial charge in [0.15, 0.2) is 11.2 Å². The van der Waals surface area contributed by atoms with Gasteiger partial charge in [-0.15, -0.1) is 0 Å². The molecule has 0 saturated carbocycles. The summed E-state index contributed by atoms with van der Waals surface area (Å²) in [7, 11) is 0. The lowest BCUT2D eigenvalue weighted by Crippen LogP contribution is -2.42. The van der Waals surface area contributed by atoms with Crippen LogP contribution in [0.4, 0.5) is 10.3 Å². The molecule has 39 heavy (non-hydrogen) atoms. The number of rotatable bonds is 6. The number of benzene rings is 1. The van der Waals surface area contributed by atoms with Crippen molar-refractivity contribution in [1.29, 1.82) is 0 Å². The van der Waals surface area contributed by atoms with Crippen molar-refractivity contribution in [1.82, 2.24) is 19.4 Å². The Morgan fingerprint density at radius 2 is 2.08 bits per heavy atom. The third-order valence-electron chi connectivity index (χ3n) is 7.68. The Morgan fingerprint density at radius 3 is 2.79 bits per heavy atom. The Balaban J connectivity index is 1.62. The van der Waals surface area contributed by atoms with Gasteiger partial charge in [-0.05, 0) is 58.7 Å². The van der Waals surface area contributed by atoms with E-state index in [1.165, 1.54) is 12.3 Å². The van der Waals surface area contributed by atoms with Gasteiger partial charge in [0.05, 0.1) is 47.3 Å². The molecule has 0 unspecified atom stereocenters. The normalized spacial score (nSPS) is 22.5. The van der Waals surface area contributed by atoms with Crippen molar-refractivity contribution >= 4 is 28.5 Å². The van der Waals surface area contributed by atoms with E-state index in [4.69, 9.17) is 16.3 Å². The molecule has 0 radical (unpaired) electrons. The smallest absolute Gasteiger partial charge is 0.223 e. The summed E-state index contributed by atoms with van der Waals surface area (Å²) in [5.41, 5.74) is 1.64. The zero-order valence-electron chi connectivity index (χ0n) is 22.5. The van der Waals surface area contributed by atoms with E-state index in [-0.39, 0.29) is 51.9 Å². The predicted molar refractivity (Wildman–Crippen MR) is 149 cm³/mol. The van der Waals surface area contributed by atoms with Gasteiger partial charge in [-0.1, -0.05) is 11.6 Å². The van der Waals surface area contributed by atoms with Crippen LogP contribution in [0.15, 0.2) is 23.1 Å². The molecule has 2 fully saturated rings. The van der Waals surface area contributed by atoms with E-state index in [0.29, 0.717) is 37.1 Å². The Hall–Kier alpha value is -2.63. The lowest BCUT2D eigenvalue weighted by Gasteiger charge is -2.32. The third-order valence-corrected chi connectivity index (χ3v) is 7.95. The summed E-state index contributed by atoms with van der Waals surface area (Å²) in [6, 6.07) is 2.71. The number of aliphatic hydroxyl groups is 2. The maximum Gasteiger partial charge on any atom is 0.223 e. The molecule has 9 nitrogen and oxygen atoms in total. The molecule has 5 rings (SSSR count). The number of piperidine rings is 1. The number of β-amino-alcohol motifs (C(OH)–C–C–N with tert-alkyl or cyclic N) is 1. The zero-order valence-corrected chi connectivity index (χ0v) is 23.2. The summed E-state index contributed by atoms with van der Waals surface area (Å²) >= 11 is 6.47. The van der Waals surface area contributed by atoms with Crippen LogP contribution in [-0.4, -0.2) is 74.2 Å². The van der Waals surface area contributed by atoms with E-state index >= 15 is 4.39 Å². The Morgan fingerprint density at radius 1 is 1.28 bits per heavy atom. The minimum absolute atomic E-state index is 0.144. The lowest BCUT2D eigenvalue weighted by atomic mass is 10.0. The Kier molecular flexibility index (Phi) is 8.21. The first-order chi connectivity index (χ1) is 18.7. The Labute approximate surface area is 231 Å². The number of aromatic nitrogens is 3. The molecule has 11 heteroatoms. The van der Waals surface area contributed by atoms with Crippen molar-refractivity contribution < 1.29 is 19.3 Å². The van der Waals surface area contributed by atoms with Gasteiger partial charge >= 0.3 is 0 Å². The van der Waals surface area contributed by atoms with Gasteiger partial charge in [0.2, 0.25) is 5.95 Å². The molecule has 0 bridgehead atoms. The van der Waals surface area contributed by atoms with E-state index < -0.39 is 18.0 Å². The van der Waals surface area contributed by atoms with Gasteiger partial charge < -0.3 is 24.8 Å². The zero-order chi connectivity index (χ0) is 27.8. The molecule has 3 N–H and O–H groups in total. The van der Waals surface area contributed by atoms with Crippen molar-refractivity contribution in [2.75, 3.05) is 31.6 Å². The second-order valence-electron chi connectivity index (χ2n) is 10.8. The summed E-state index contributed by atoms with van der Waals surface area (Å²) in [5, 5.41) is 24.0. The number of fused-ring (bicyclic) bond motifs is 1. The maximum absolute atomic E-state index is 16.5. The molecule has 2 saturated heterocycles. The van der Waals surface area contributed by atoms with Crippen LogP contribution in [0, 0.1) is 12.7 Å². The number of hydrogen-bond acceptors (Lipinski definition) is 8. The number of halogens is 2. The van der Waals surface area contributed by atoms with Crippen LogP contribution < -0.4 is 10.7 Å². The fraction of sp³-hybridized carbons (Fsp3) is 0.536. The van der Waals surface area contributed by atoms with Crippen molar-refractivity contribution in [3.8, 4) is 11.3 Å². The number of likely N-dealkylation sites (tertiary alicyclic amines) is 1. The summed E-state index contributed by atoms with van der Waals surface area (Å²) < 4.78 is 23.7. The second kappa shape index (κ2) is 11.5. The van der Waals surface area contributed by atoms with Crippen LogP contribution in [0.5, 0.6) is 0 Å². The van der Waals surface area contributed by atoms with Gasteiger partial charge in [0.25, 0.3) is 0 Å². The average molecular weight is 560 g/mol. The number of aliphatic hydroxyl groups excluding tert-OH is 2. The molecule has 2 aromatic heterocycles. The molecule has 0 aliphatic carbocycles. The average Bonchev–Trinajstić information content (AvgIpc) is 2.90. The third kappa shape index (κ3) is 5.53. The first-order valence-corrected chi connectivity index (χ1v) is 13.8. The molecule has 3 aromatic rings. The molecule has 0 spiro atoms. The largest absolute Gasteiger partial charge is 0.392 e. The number of pyridine rings is 1. The molecular formula is C28H35ClFN5O4. The quantitative estimate of drug-likeness (QED) is 0.419. The van der Waals surface area contributed by atoms with Crippen LogP contribution in [0.1, 0.15) is 50.4 Å². The van der Waals surface area contributed by atoms with Gasteiger partial charge in [-0.3, -0.25) is 9.69 Å². The SMILES string of the molecule is Cc1c(CN2CCC[C@H](O)C2)n(C(C)C)c2c(F)c(-c3nc(N[C@@H]4CCOC[C@H]4O)ncc3Cl)ccc2c1=O. The molecule has 3 atom stereocenters. The highest BCUT2D eigenvalue weighted by molar-refractivity contribution is 6.33. The molecule has 4 heterocycles. The van der Waals surface area contributed by atoms with Crippen LogP contribution in [-0.2, 0) is 11.3 Å². The predicted octanol–water partition coefficient (Wildman–Crippen LogP) is 3.66. The number of anilines is 1. The maximum atomic E-state index is 16.5. The molecular weight excluding hydrogens is 525 g/mol. The number of ether oxygens (including phenoxy) is 1. The van der Waals surface area contributed by atoms with E-state index in [1.807, 2.05) is 18.4 Å². The lowest BCUT2D eigenvalue weighted by molar-refractivity contribution is -0.0136. The molecule has 210 valence electrons. The number of hydrogen-bond donors (Lipinski definition) is 3. The minimum Gasteiger partial charge on any atom is -0.392 e. The topological polar surface area (TPSA) is 113 Å². The molecule has 2 aliphatic heterocycles. The van der Waals surface area contributed by atoms with Crippen molar-refractivity contribution in [3.63, 3.8) is 0 Å². The standard InChI is InChI=1S/C28H35ClFN5O4/c1-15(2)35-22(13-34-9-4-5-17(36)12-34)16(3)27(38)19-7-6-18(24(30)26(19)35)25-20(29)11-31-28(33-25)32-21-8-10-39-14-23(21)37/h6-7,11,15,17,21,23,36-37H,4-5,8-10,12-14H2,1-3H3,(H,31,32,33)/t17-,21+,23+/m0/s1. The van der Waals surface area contributed by atoms with Gasteiger partial charge in [-0.2, -0.15) is 0 Å². The number of nitrogens with one attached hydrogen (secondary N) is 1. The number of nitrogens with zero attached hydrogens (tertiary/aromatic N) is 4. The van der Waals surface area contributed by atoms with Gasteiger partial charge in [0.1, 0.15) is 0 Å². The first-order valence-electron chi connectivity index (χ1n) is 13.5. The van der Waals surface area contributed by atoms with Crippen LogP contribution >= 0.6 is 11.6 Å². The van der Waals surface area contributed by atoms with Crippen LogP contribution in [0.2, 0.25) is 5.02 Å². The highest BCUT2D eigenvalue weighted by Crippen LogP contribution is 2.34. The highest BCUT2D eigenvalue weighted by Gasteiger charge is 2.27. The fourth-order valence-electron chi connectivity index (χ4n) is 5.65. The van der Waals surface area contributed by atoms with Crippen LogP contribution in [0.3, 0.4) is 0 Å². The van der Waals surface area contributed by atoms with E-state index in [1.54, 1.807) is 13.0 Å². The van der Waals surface area contributed by atoms with Gasteiger partial charge in [-0.25, -0.2) is 14.4 Å². The summed E-state index contributed by atoms with van der Waals surface area (Å²) in [4.78, 5) is 24.3. The highest BCUT2D eigenvalue weighted by atomic mass is 35.5. The summed E-state index contributed by atoms with van der Waals surface area (Å²) in [6.07, 6.45) is 2.47. The molecule has 0 amide bonds. The molecule has 1 aromatic carbocycles. The van der Waals surface area contributed by atoms with Crippen LogP contribution in [0.25, 0.3) is 22.2 Å². The summed E-state index contributed by atoms with van der Waals surface area (Å²) in [5.74, 6) is -0.370. The first kappa shape index (κ1) is 27.9. The minimum atomic E-state index is -0.720. The second-order valence-corrected chi connectivity index (χ2v) is 11.2. The fourth-order valence-corrected chi connectivity index (χ4v) is 5.84. The monoisotopic (exact) mass is 559 g/mol.